The van der Waals surface area contributed by atoms with Crippen LogP contribution in [0.1, 0.15) is 16.1 Å². The van der Waals surface area contributed by atoms with Crippen LogP contribution in [0.25, 0.3) is 0 Å². The van der Waals surface area contributed by atoms with E-state index in [4.69, 9.17) is 9.47 Å². The zero-order valence-corrected chi connectivity index (χ0v) is 10.7. The molecule has 0 aliphatic carbocycles. The van der Waals surface area contributed by atoms with Crippen molar-refractivity contribution in [3.05, 3.63) is 41.8 Å². The van der Waals surface area contributed by atoms with Crippen molar-refractivity contribution in [3.8, 4) is 11.5 Å². The summed E-state index contributed by atoms with van der Waals surface area (Å²) in [6.07, 6.45) is 1.35. The maximum Gasteiger partial charge on any atom is 0.273 e. The molecule has 0 saturated heterocycles. The lowest BCUT2D eigenvalue weighted by atomic mass is 10.2. The number of rotatable bonds is 5. The Labute approximate surface area is 110 Å². The maximum absolute atomic E-state index is 11.7. The van der Waals surface area contributed by atoms with Crippen LogP contribution in [0, 0.1) is 0 Å². The third kappa shape index (κ3) is 3.04. The predicted octanol–water partition coefficient (Wildman–Crippen LogP) is 1.62. The first-order valence-electron chi connectivity index (χ1n) is 5.64. The summed E-state index contributed by atoms with van der Waals surface area (Å²) in [5, 5.41) is 6.29. The summed E-state index contributed by atoms with van der Waals surface area (Å²) in [4.78, 5) is 11.7. The van der Waals surface area contributed by atoms with Gasteiger partial charge in [0.1, 0.15) is 6.26 Å². The fourth-order valence-electron chi connectivity index (χ4n) is 1.59. The second kappa shape index (κ2) is 5.90. The van der Waals surface area contributed by atoms with Gasteiger partial charge >= 0.3 is 0 Å². The summed E-state index contributed by atoms with van der Waals surface area (Å²) in [6.45, 7) is 0.367. The number of aromatic nitrogens is 1. The minimum Gasteiger partial charge on any atom is -0.493 e. The van der Waals surface area contributed by atoms with Crippen LogP contribution < -0.4 is 14.8 Å². The molecule has 1 aromatic carbocycles. The highest BCUT2D eigenvalue weighted by molar-refractivity contribution is 5.91. The summed E-state index contributed by atoms with van der Waals surface area (Å²) in [7, 11) is 3.14. The van der Waals surface area contributed by atoms with E-state index in [-0.39, 0.29) is 11.6 Å². The van der Waals surface area contributed by atoms with Gasteiger partial charge < -0.3 is 19.3 Å². The van der Waals surface area contributed by atoms with Crippen LogP contribution in [0.15, 0.2) is 35.1 Å². The highest BCUT2D eigenvalue weighted by Gasteiger charge is 2.09. The highest BCUT2D eigenvalue weighted by atomic mass is 16.5. The van der Waals surface area contributed by atoms with Gasteiger partial charge in [0.2, 0.25) is 0 Å². The van der Waals surface area contributed by atoms with Gasteiger partial charge in [0.25, 0.3) is 5.91 Å². The highest BCUT2D eigenvalue weighted by Crippen LogP contribution is 2.27. The molecule has 0 radical (unpaired) electrons. The molecule has 6 heteroatoms. The maximum atomic E-state index is 11.7. The zero-order chi connectivity index (χ0) is 13.7. The lowest BCUT2D eigenvalue weighted by Gasteiger charge is -2.09. The van der Waals surface area contributed by atoms with E-state index in [1.807, 2.05) is 12.1 Å². The average Bonchev–Trinajstić information content (AvgIpc) is 2.98. The van der Waals surface area contributed by atoms with Gasteiger partial charge in [-0.05, 0) is 17.7 Å². The van der Waals surface area contributed by atoms with Crippen LogP contribution >= 0.6 is 0 Å². The van der Waals surface area contributed by atoms with Gasteiger partial charge in [-0.3, -0.25) is 4.79 Å². The van der Waals surface area contributed by atoms with Crippen molar-refractivity contribution < 1.29 is 18.8 Å². The van der Waals surface area contributed by atoms with E-state index >= 15 is 0 Å². The fourth-order valence-corrected chi connectivity index (χ4v) is 1.59. The van der Waals surface area contributed by atoms with E-state index in [2.05, 4.69) is 15.0 Å². The molecule has 0 atom stereocenters. The van der Waals surface area contributed by atoms with Crippen LogP contribution in [0.5, 0.6) is 11.5 Å². The molecule has 0 fully saturated rings. The Morgan fingerprint density at radius 3 is 2.68 bits per heavy atom. The number of carbonyl (C=O) groups excluding carboxylic acids is 1. The molecule has 0 bridgehead atoms. The standard InChI is InChI=1S/C13H14N2O4/c1-17-11-4-3-9(7-12(11)18-2)8-14-13(16)10-5-6-19-15-10/h3-7H,8H2,1-2H3,(H,14,16). The Kier molecular flexibility index (Phi) is 4.02. The number of benzene rings is 1. The summed E-state index contributed by atoms with van der Waals surface area (Å²) >= 11 is 0. The average molecular weight is 262 g/mol. The number of hydrogen-bond donors (Lipinski definition) is 1. The summed E-state index contributed by atoms with van der Waals surface area (Å²) < 4.78 is 14.9. The van der Waals surface area contributed by atoms with E-state index in [0.717, 1.165) is 5.56 Å². The molecule has 1 aromatic heterocycles. The molecular weight excluding hydrogens is 248 g/mol. The molecule has 19 heavy (non-hydrogen) atoms. The van der Waals surface area contributed by atoms with Crippen LogP contribution in [-0.4, -0.2) is 25.3 Å². The first kappa shape index (κ1) is 12.9. The van der Waals surface area contributed by atoms with Gasteiger partial charge in [0.15, 0.2) is 17.2 Å². The van der Waals surface area contributed by atoms with Gasteiger partial charge in [-0.15, -0.1) is 0 Å². The number of hydrogen-bond acceptors (Lipinski definition) is 5. The smallest absolute Gasteiger partial charge is 0.273 e. The minimum atomic E-state index is -0.288. The lowest BCUT2D eigenvalue weighted by Crippen LogP contribution is -2.23. The molecule has 0 saturated carbocycles. The van der Waals surface area contributed by atoms with Crippen molar-refractivity contribution in [1.82, 2.24) is 10.5 Å². The largest absolute Gasteiger partial charge is 0.493 e. The Morgan fingerprint density at radius 2 is 2.05 bits per heavy atom. The van der Waals surface area contributed by atoms with E-state index in [1.54, 1.807) is 20.3 Å². The number of nitrogens with one attached hydrogen (secondary N) is 1. The van der Waals surface area contributed by atoms with E-state index in [0.29, 0.717) is 18.0 Å². The van der Waals surface area contributed by atoms with Crippen LogP contribution in [-0.2, 0) is 6.54 Å². The number of ether oxygens (including phenoxy) is 2. The number of carbonyl (C=O) groups is 1. The summed E-state index contributed by atoms with van der Waals surface area (Å²) in [6, 6.07) is 6.95. The molecule has 0 spiro atoms. The van der Waals surface area contributed by atoms with Crippen LogP contribution in [0.2, 0.25) is 0 Å². The first-order valence-corrected chi connectivity index (χ1v) is 5.64. The first-order chi connectivity index (χ1) is 9.24. The van der Waals surface area contributed by atoms with E-state index in [9.17, 15) is 4.79 Å². The molecule has 0 unspecified atom stereocenters. The predicted molar refractivity (Wildman–Crippen MR) is 67.2 cm³/mol. The Morgan fingerprint density at radius 1 is 1.26 bits per heavy atom. The van der Waals surface area contributed by atoms with Gasteiger partial charge in [0.05, 0.1) is 14.2 Å². The van der Waals surface area contributed by atoms with Gasteiger partial charge in [-0.1, -0.05) is 11.2 Å². The molecule has 6 nitrogen and oxygen atoms in total. The minimum absolute atomic E-state index is 0.250. The van der Waals surface area contributed by atoms with Crippen molar-refractivity contribution in [3.63, 3.8) is 0 Å². The normalized spacial score (nSPS) is 10.0. The van der Waals surface area contributed by atoms with E-state index in [1.165, 1.54) is 12.3 Å². The van der Waals surface area contributed by atoms with Crippen molar-refractivity contribution >= 4 is 5.91 Å². The van der Waals surface area contributed by atoms with Gasteiger partial charge in [-0.2, -0.15) is 0 Å². The monoisotopic (exact) mass is 262 g/mol. The Balaban J connectivity index is 2.02. The third-order valence-corrected chi connectivity index (χ3v) is 2.57. The number of methoxy groups -OCH3 is 2. The van der Waals surface area contributed by atoms with Crippen molar-refractivity contribution in [2.75, 3.05) is 14.2 Å². The summed E-state index contributed by atoms with van der Waals surface area (Å²) in [5.41, 5.74) is 1.15. The quantitative estimate of drug-likeness (QED) is 0.886. The number of nitrogens with zero attached hydrogens (tertiary/aromatic N) is 1. The lowest BCUT2D eigenvalue weighted by molar-refractivity contribution is 0.0942. The van der Waals surface area contributed by atoms with E-state index < -0.39 is 0 Å². The van der Waals surface area contributed by atoms with Crippen molar-refractivity contribution in [1.29, 1.82) is 0 Å². The zero-order valence-electron chi connectivity index (χ0n) is 10.7. The molecular formula is C13H14N2O4. The van der Waals surface area contributed by atoms with Crippen molar-refractivity contribution in [2.45, 2.75) is 6.54 Å². The SMILES string of the molecule is COc1ccc(CNC(=O)c2ccon2)cc1OC. The molecule has 1 N–H and O–H groups in total. The molecule has 1 heterocycles. The molecule has 1 amide bonds. The third-order valence-electron chi connectivity index (χ3n) is 2.57. The second-order valence-corrected chi connectivity index (χ2v) is 3.76. The molecule has 0 aliphatic heterocycles. The van der Waals surface area contributed by atoms with Gasteiger partial charge in [0, 0.05) is 12.6 Å². The molecule has 2 aromatic rings. The molecule has 2 rings (SSSR count). The van der Waals surface area contributed by atoms with Gasteiger partial charge in [-0.25, -0.2) is 0 Å². The molecule has 0 aliphatic rings. The van der Waals surface area contributed by atoms with Crippen LogP contribution in [0.4, 0.5) is 0 Å². The summed E-state index contributed by atoms with van der Waals surface area (Å²) in [5.74, 6) is 0.980. The topological polar surface area (TPSA) is 73.6 Å². The molecule has 100 valence electrons. The number of amides is 1. The second-order valence-electron chi connectivity index (χ2n) is 3.76. The van der Waals surface area contributed by atoms with Crippen LogP contribution in [0.3, 0.4) is 0 Å². The fraction of sp³-hybridized carbons (Fsp3) is 0.231. The Hall–Kier alpha value is -2.50. The Bertz CT molecular complexity index is 552. The van der Waals surface area contributed by atoms with Crippen molar-refractivity contribution in [2.24, 2.45) is 0 Å².